The zero-order valence-electron chi connectivity index (χ0n) is 11.8. The molecule has 0 aliphatic carbocycles. The third kappa shape index (κ3) is 8.38. The van der Waals surface area contributed by atoms with Crippen LogP contribution in [-0.2, 0) is 23.4 Å². The van der Waals surface area contributed by atoms with Crippen LogP contribution in [-0.4, -0.2) is 39.7 Å². The van der Waals surface area contributed by atoms with E-state index in [1.54, 1.807) is 0 Å². The molecule has 0 saturated carbocycles. The van der Waals surface area contributed by atoms with E-state index in [9.17, 15) is 14.4 Å². The number of carbonyl (C=O) groups is 3. The first-order chi connectivity index (χ1) is 9.23. The number of thiocyanates is 1. The van der Waals surface area contributed by atoms with E-state index in [2.05, 4.69) is 14.2 Å². The van der Waals surface area contributed by atoms with E-state index in [0.29, 0.717) is 0 Å². The summed E-state index contributed by atoms with van der Waals surface area (Å²) in [6.45, 7) is 0. The standard InChI is InChI=1S/C8H10N4O7S.Na.H/c9-3-20-19-8(6(16)17,1-4(13)14)2-5(15)18-12-7(10)11;;/h1-2H2,(H,13,14)(H,16,17)(H4,10,11,12);;/q;+1;-1. The van der Waals surface area contributed by atoms with Crippen LogP contribution in [0.4, 0.5) is 0 Å². The Hall–Kier alpha value is -1.52. The number of hydrogen-bond acceptors (Lipinski definition) is 8. The van der Waals surface area contributed by atoms with Gasteiger partial charge >= 0.3 is 47.5 Å². The van der Waals surface area contributed by atoms with Crippen LogP contribution in [0.2, 0.25) is 0 Å². The normalized spacial score (nSPS) is 12.0. The van der Waals surface area contributed by atoms with Crippen LogP contribution in [0, 0.1) is 10.7 Å². The number of aliphatic carboxylic acids is 2. The molecule has 0 saturated heterocycles. The van der Waals surface area contributed by atoms with Gasteiger partial charge in [-0.1, -0.05) is 0 Å². The number of rotatable bonds is 8. The average molecular weight is 330 g/mol. The van der Waals surface area contributed by atoms with Crippen LogP contribution >= 0.6 is 12.0 Å². The predicted molar refractivity (Wildman–Crippen MR) is 64.5 cm³/mol. The third-order valence-corrected chi connectivity index (χ3v) is 2.22. The molecule has 11 nitrogen and oxygen atoms in total. The molecule has 0 amide bonds. The molecule has 0 heterocycles. The van der Waals surface area contributed by atoms with Gasteiger partial charge in [-0.2, -0.15) is 5.26 Å². The number of oxime groups is 1. The summed E-state index contributed by atoms with van der Waals surface area (Å²) in [5.41, 5.74) is 7.29. The Morgan fingerprint density at radius 2 is 1.90 bits per heavy atom. The summed E-state index contributed by atoms with van der Waals surface area (Å²) in [6.07, 6.45) is -2.09. The summed E-state index contributed by atoms with van der Waals surface area (Å²) >= 11 is 0.0202. The second-order valence-electron chi connectivity index (χ2n) is 3.28. The Labute approximate surface area is 146 Å². The van der Waals surface area contributed by atoms with E-state index < -0.39 is 42.3 Å². The fourth-order valence-corrected chi connectivity index (χ4v) is 1.41. The summed E-state index contributed by atoms with van der Waals surface area (Å²) in [7, 11) is 0. The Kier molecular flexibility index (Phi) is 10.6. The molecule has 0 aromatic rings. The first kappa shape index (κ1) is 21.8. The van der Waals surface area contributed by atoms with Crippen molar-refractivity contribution in [1.82, 2.24) is 0 Å². The van der Waals surface area contributed by atoms with Gasteiger partial charge in [-0.15, -0.1) is 0 Å². The van der Waals surface area contributed by atoms with Gasteiger partial charge in [0.2, 0.25) is 11.6 Å². The van der Waals surface area contributed by atoms with Gasteiger partial charge in [0.15, 0.2) is 5.40 Å². The summed E-state index contributed by atoms with van der Waals surface area (Å²) in [5.74, 6) is -5.16. The molecule has 0 fully saturated rings. The van der Waals surface area contributed by atoms with Crippen molar-refractivity contribution < 1.29 is 64.6 Å². The van der Waals surface area contributed by atoms with Crippen molar-refractivity contribution >= 4 is 35.9 Å². The molecule has 6 N–H and O–H groups in total. The van der Waals surface area contributed by atoms with Crippen molar-refractivity contribution in [2.75, 3.05) is 0 Å². The molecule has 0 bridgehead atoms. The van der Waals surface area contributed by atoms with Gasteiger partial charge in [-0.3, -0.25) is 8.98 Å². The van der Waals surface area contributed by atoms with Gasteiger partial charge in [0.25, 0.3) is 0 Å². The van der Waals surface area contributed by atoms with Crippen molar-refractivity contribution in [3.8, 4) is 5.40 Å². The minimum absolute atomic E-state index is 0. The van der Waals surface area contributed by atoms with Crippen molar-refractivity contribution in [2.45, 2.75) is 18.4 Å². The maximum Gasteiger partial charge on any atom is 1.00 e. The summed E-state index contributed by atoms with van der Waals surface area (Å²) in [4.78, 5) is 37.3. The average Bonchev–Trinajstić information content (AvgIpc) is 2.32. The van der Waals surface area contributed by atoms with Gasteiger partial charge in [-0.05, 0) is 5.16 Å². The van der Waals surface area contributed by atoms with E-state index in [0.717, 1.165) is 0 Å². The zero-order chi connectivity index (χ0) is 15.8. The fraction of sp³-hybridized carbons (Fsp3) is 0.375. The van der Waals surface area contributed by atoms with Crippen LogP contribution in [0.15, 0.2) is 5.16 Å². The van der Waals surface area contributed by atoms with E-state index in [1.165, 1.54) is 5.40 Å². The van der Waals surface area contributed by atoms with E-state index >= 15 is 0 Å². The number of carboxylic acid groups (broad SMARTS) is 2. The van der Waals surface area contributed by atoms with Crippen LogP contribution in [0.5, 0.6) is 0 Å². The van der Waals surface area contributed by atoms with Crippen LogP contribution in [0.1, 0.15) is 14.3 Å². The molecular formula is C8H11N4NaO7S. The minimum atomic E-state index is -2.48. The SMILES string of the molecule is N#CSOC(CC(=O)O)(CC(=O)ON=C(N)N)C(=O)O.[H-].[Na+]. The second kappa shape index (κ2) is 10.2. The van der Waals surface area contributed by atoms with E-state index in [1.807, 2.05) is 0 Å². The van der Waals surface area contributed by atoms with Gasteiger partial charge in [0.1, 0.15) is 12.0 Å². The van der Waals surface area contributed by atoms with E-state index in [4.69, 9.17) is 26.9 Å². The number of nitrogens with two attached hydrogens (primary N) is 2. The molecule has 0 aromatic carbocycles. The summed E-state index contributed by atoms with van der Waals surface area (Å²) in [6, 6.07) is 0. The summed E-state index contributed by atoms with van der Waals surface area (Å²) in [5, 5.41) is 30.3. The molecule has 112 valence electrons. The molecular weight excluding hydrogens is 319 g/mol. The number of nitrogens with zero attached hydrogens (tertiary/aromatic N) is 2. The number of carboxylic acids is 2. The van der Waals surface area contributed by atoms with E-state index in [-0.39, 0.29) is 43.0 Å². The molecule has 0 rings (SSSR count). The van der Waals surface area contributed by atoms with Crippen molar-refractivity contribution in [2.24, 2.45) is 16.6 Å². The van der Waals surface area contributed by atoms with Crippen molar-refractivity contribution in [3.63, 3.8) is 0 Å². The largest absolute Gasteiger partial charge is 1.00 e. The number of nitriles is 1. The Morgan fingerprint density at radius 1 is 1.33 bits per heavy atom. The predicted octanol–water partition coefficient (Wildman–Crippen LogP) is -4.33. The Morgan fingerprint density at radius 3 is 2.29 bits per heavy atom. The van der Waals surface area contributed by atoms with Crippen molar-refractivity contribution in [3.05, 3.63) is 0 Å². The maximum absolute atomic E-state index is 11.3. The topological polar surface area (TPSA) is 198 Å². The van der Waals surface area contributed by atoms with Crippen LogP contribution in [0.3, 0.4) is 0 Å². The second-order valence-corrected chi connectivity index (χ2v) is 3.80. The molecule has 1 atom stereocenters. The fourth-order valence-electron chi connectivity index (χ4n) is 1.02. The molecule has 0 aliphatic heterocycles. The maximum atomic E-state index is 11.3. The van der Waals surface area contributed by atoms with Gasteiger partial charge in [0, 0.05) is 0 Å². The number of carbonyl (C=O) groups excluding carboxylic acids is 1. The summed E-state index contributed by atoms with van der Waals surface area (Å²) < 4.78 is 4.59. The molecule has 0 radical (unpaired) electrons. The molecule has 0 aliphatic rings. The quantitative estimate of drug-likeness (QED) is 0.0638. The molecule has 1 unspecified atom stereocenters. The number of hydrogen-bond donors (Lipinski definition) is 4. The molecule has 13 heteroatoms. The zero-order valence-corrected chi connectivity index (χ0v) is 13.6. The van der Waals surface area contributed by atoms with Crippen LogP contribution < -0.4 is 41.0 Å². The molecule has 0 aromatic heterocycles. The Balaban J connectivity index is -0.00000180. The van der Waals surface area contributed by atoms with Gasteiger partial charge < -0.3 is 27.9 Å². The smallest absolute Gasteiger partial charge is 1.00 e. The minimum Gasteiger partial charge on any atom is -1.00 e. The Bertz CT molecular complexity index is 482. The first-order valence-electron chi connectivity index (χ1n) is 4.71. The monoisotopic (exact) mass is 330 g/mol. The number of guanidine groups is 1. The van der Waals surface area contributed by atoms with Gasteiger partial charge in [0.05, 0.1) is 12.8 Å². The molecule has 0 spiro atoms. The van der Waals surface area contributed by atoms with Crippen LogP contribution in [0.25, 0.3) is 0 Å². The van der Waals surface area contributed by atoms with Crippen molar-refractivity contribution in [1.29, 1.82) is 5.26 Å². The third-order valence-electron chi connectivity index (χ3n) is 1.75. The first-order valence-corrected chi connectivity index (χ1v) is 5.45. The van der Waals surface area contributed by atoms with Gasteiger partial charge in [-0.25, -0.2) is 9.59 Å². The molecule has 21 heavy (non-hydrogen) atoms.